The number of carbonyl (C=O) groups is 1. The summed E-state index contributed by atoms with van der Waals surface area (Å²) in [5.41, 5.74) is 9.17. The van der Waals surface area contributed by atoms with Crippen molar-refractivity contribution in [2.75, 3.05) is 5.73 Å². The minimum absolute atomic E-state index is 0.0918. The van der Waals surface area contributed by atoms with Gasteiger partial charge < -0.3 is 15.6 Å². The van der Waals surface area contributed by atoms with Crippen LogP contribution in [0.3, 0.4) is 0 Å². The number of nitrogens with two attached hydrogens (primary N) is 1. The topological polar surface area (TPSA) is 62.1 Å². The fraction of sp³-hybridized carbons (Fsp3) is 0.353. The van der Waals surface area contributed by atoms with Crippen LogP contribution in [-0.4, -0.2) is 27.9 Å². The SMILES string of the molecule is CC(C)N(C(=O)c1cc(-c2ccc(N)cc2)c[nH]1)C1CC1. The number of aromatic amines is 1. The standard InChI is InChI=1S/C17H21N3O/c1-11(2)20(15-7-8-15)17(21)16-9-13(10-19-16)12-3-5-14(18)6-4-12/h3-6,9-11,15,19H,7-8,18H2,1-2H3. The van der Waals surface area contributed by atoms with Gasteiger partial charge in [0.25, 0.3) is 5.91 Å². The van der Waals surface area contributed by atoms with Crippen molar-refractivity contribution in [2.24, 2.45) is 0 Å². The predicted molar refractivity (Wildman–Crippen MR) is 85.0 cm³/mol. The van der Waals surface area contributed by atoms with Gasteiger partial charge in [0.1, 0.15) is 5.69 Å². The maximum Gasteiger partial charge on any atom is 0.270 e. The van der Waals surface area contributed by atoms with Crippen LogP contribution in [0.25, 0.3) is 11.1 Å². The average molecular weight is 283 g/mol. The third kappa shape index (κ3) is 2.79. The Hall–Kier alpha value is -2.23. The van der Waals surface area contributed by atoms with E-state index in [1.54, 1.807) is 0 Å². The Bertz CT molecular complexity index is 636. The van der Waals surface area contributed by atoms with Crippen LogP contribution in [0.1, 0.15) is 37.2 Å². The number of nitrogens with zero attached hydrogens (tertiary/aromatic N) is 1. The highest BCUT2D eigenvalue weighted by Gasteiger charge is 2.35. The molecule has 1 aliphatic carbocycles. The van der Waals surface area contributed by atoms with Crippen LogP contribution in [0, 0.1) is 0 Å². The first-order valence-corrected chi connectivity index (χ1v) is 7.43. The van der Waals surface area contributed by atoms with Crippen LogP contribution in [0.5, 0.6) is 0 Å². The van der Waals surface area contributed by atoms with E-state index in [-0.39, 0.29) is 11.9 Å². The zero-order chi connectivity index (χ0) is 15.0. The third-order valence-electron chi connectivity index (χ3n) is 3.89. The summed E-state index contributed by atoms with van der Waals surface area (Å²) in [6.45, 7) is 4.14. The van der Waals surface area contributed by atoms with Crippen LogP contribution in [-0.2, 0) is 0 Å². The molecule has 4 heteroatoms. The maximum absolute atomic E-state index is 12.6. The van der Waals surface area contributed by atoms with Gasteiger partial charge in [-0.3, -0.25) is 4.79 Å². The van der Waals surface area contributed by atoms with E-state index in [1.807, 2.05) is 41.4 Å². The van der Waals surface area contributed by atoms with Crippen molar-refractivity contribution in [3.05, 3.63) is 42.2 Å². The van der Waals surface area contributed by atoms with Crippen molar-refractivity contribution in [1.82, 2.24) is 9.88 Å². The lowest BCUT2D eigenvalue weighted by Gasteiger charge is -2.26. The van der Waals surface area contributed by atoms with Crippen LogP contribution in [0.4, 0.5) is 5.69 Å². The molecule has 3 N–H and O–H groups in total. The van der Waals surface area contributed by atoms with Gasteiger partial charge in [-0.1, -0.05) is 12.1 Å². The first-order chi connectivity index (χ1) is 10.1. The first kappa shape index (κ1) is 13.7. The van der Waals surface area contributed by atoms with E-state index >= 15 is 0 Å². The molecule has 1 saturated carbocycles. The van der Waals surface area contributed by atoms with E-state index in [2.05, 4.69) is 18.8 Å². The monoisotopic (exact) mass is 283 g/mol. The van der Waals surface area contributed by atoms with Gasteiger partial charge >= 0.3 is 0 Å². The largest absolute Gasteiger partial charge is 0.399 e. The van der Waals surface area contributed by atoms with E-state index in [9.17, 15) is 4.79 Å². The molecule has 0 atom stereocenters. The molecule has 0 aliphatic heterocycles. The van der Waals surface area contributed by atoms with E-state index in [0.29, 0.717) is 11.7 Å². The molecule has 1 fully saturated rings. The molecule has 1 aliphatic rings. The number of anilines is 1. The molecule has 2 aromatic rings. The summed E-state index contributed by atoms with van der Waals surface area (Å²) in [7, 11) is 0. The minimum Gasteiger partial charge on any atom is -0.399 e. The van der Waals surface area contributed by atoms with Crippen LogP contribution < -0.4 is 5.73 Å². The lowest BCUT2D eigenvalue weighted by Crippen LogP contribution is -2.38. The normalized spacial score (nSPS) is 14.4. The fourth-order valence-corrected chi connectivity index (χ4v) is 2.67. The summed E-state index contributed by atoms with van der Waals surface area (Å²) in [5.74, 6) is 0.0918. The summed E-state index contributed by atoms with van der Waals surface area (Å²) >= 11 is 0. The molecule has 4 nitrogen and oxygen atoms in total. The molecule has 1 heterocycles. The van der Waals surface area contributed by atoms with Crippen molar-refractivity contribution < 1.29 is 4.79 Å². The van der Waals surface area contributed by atoms with Crippen molar-refractivity contribution in [1.29, 1.82) is 0 Å². The molecular weight excluding hydrogens is 262 g/mol. The van der Waals surface area contributed by atoms with Crippen LogP contribution in [0.2, 0.25) is 0 Å². The summed E-state index contributed by atoms with van der Waals surface area (Å²) in [5, 5.41) is 0. The number of amides is 1. The summed E-state index contributed by atoms with van der Waals surface area (Å²) in [6.07, 6.45) is 4.12. The first-order valence-electron chi connectivity index (χ1n) is 7.43. The molecule has 0 bridgehead atoms. The van der Waals surface area contributed by atoms with Gasteiger partial charge in [-0.25, -0.2) is 0 Å². The maximum atomic E-state index is 12.6. The van der Waals surface area contributed by atoms with Crippen molar-refractivity contribution in [3.8, 4) is 11.1 Å². The highest BCUT2D eigenvalue weighted by molar-refractivity contribution is 5.94. The number of nitrogens with one attached hydrogen (secondary N) is 1. The molecule has 0 saturated heterocycles. The molecule has 0 unspecified atom stereocenters. The highest BCUT2D eigenvalue weighted by Crippen LogP contribution is 2.30. The fourth-order valence-electron chi connectivity index (χ4n) is 2.67. The Balaban J connectivity index is 1.84. The van der Waals surface area contributed by atoms with Gasteiger partial charge in [-0.2, -0.15) is 0 Å². The summed E-state index contributed by atoms with van der Waals surface area (Å²) in [6, 6.07) is 10.2. The number of benzene rings is 1. The molecule has 3 rings (SSSR count). The number of H-pyrrole nitrogens is 1. The molecule has 1 aromatic carbocycles. The molecule has 1 aromatic heterocycles. The van der Waals surface area contributed by atoms with Gasteiger partial charge in [0.05, 0.1) is 0 Å². The number of nitrogen functional groups attached to an aromatic ring is 1. The second kappa shape index (κ2) is 5.28. The molecule has 1 amide bonds. The second-order valence-electron chi connectivity index (χ2n) is 5.96. The zero-order valence-electron chi connectivity index (χ0n) is 12.5. The predicted octanol–water partition coefficient (Wildman–Crippen LogP) is 3.28. The molecule has 0 spiro atoms. The zero-order valence-corrected chi connectivity index (χ0v) is 12.5. The summed E-state index contributed by atoms with van der Waals surface area (Å²) < 4.78 is 0. The third-order valence-corrected chi connectivity index (χ3v) is 3.89. The van der Waals surface area contributed by atoms with Gasteiger partial charge in [0.15, 0.2) is 0 Å². The number of carbonyl (C=O) groups excluding carboxylic acids is 1. The Morgan fingerprint density at radius 3 is 2.48 bits per heavy atom. The highest BCUT2D eigenvalue weighted by atomic mass is 16.2. The Morgan fingerprint density at radius 2 is 1.90 bits per heavy atom. The van der Waals surface area contributed by atoms with Gasteiger partial charge in [0.2, 0.25) is 0 Å². The number of rotatable bonds is 4. The molecule has 0 radical (unpaired) electrons. The lowest BCUT2D eigenvalue weighted by molar-refractivity contribution is 0.0685. The van der Waals surface area contributed by atoms with Crippen molar-refractivity contribution in [3.63, 3.8) is 0 Å². The molecular formula is C17H21N3O. The van der Waals surface area contributed by atoms with Gasteiger partial charge in [-0.05, 0) is 56.0 Å². The number of hydrogen-bond donors (Lipinski definition) is 2. The van der Waals surface area contributed by atoms with Crippen LogP contribution in [0.15, 0.2) is 36.5 Å². The second-order valence-corrected chi connectivity index (χ2v) is 5.96. The van der Waals surface area contributed by atoms with E-state index in [0.717, 1.165) is 29.7 Å². The number of hydrogen-bond acceptors (Lipinski definition) is 2. The average Bonchev–Trinajstić information content (AvgIpc) is 3.15. The molecule has 110 valence electrons. The van der Waals surface area contributed by atoms with Gasteiger partial charge in [0, 0.05) is 24.0 Å². The van der Waals surface area contributed by atoms with Crippen molar-refractivity contribution in [2.45, 2.75) is 38.8 Å². The Labute approximate surface area is 125 Å². The Kier molecular flexibility index (Phi) is 3.45. The van der Waals surface area contributed by atoms with Gasteiger partial charge in [-0.15, -0.1) is 0 Å². The quantitative estimate of drug-likeness (QED) is 0.846. The Morgan fingerprint density at radius 1 is 1.24 bits per heavy atom. The minimum atomic E-state index is 0.0918. The van der Waals surface area contributed by atoms with Crippen molar-refractivity contribution >= 4 is 11.6 Å². The lowest BCUT2D eigenvalue weighted by atomic mass is 10.1. The van der Waals surface area contributed by atoms with E-state index in [1.165, 1.54) is 0 Å². The smallest absolute Gasteiger partial charge is 0.270 e. The van der Waals surface area contributed by atoms with E-state index < -0.39 is 0 Å². The summed E-state index contributed by atoms with van der Waals surface area (Å²) in [4.78, 5) is 17.7. The van der Waals surface area contributed by atoms with E-state index in [4.69, 9.17) is 5.73 Å². The number of aromatic nitrogens is 1. The molecule has 21 heavy (non-hydrogen) atoms. The van der Waals surface area contributed by atoms with Crippen LogP contribution >= 0.6 is 0 Å².